The van der Waals surface area contributed by atoms with Crippen molar-refractivity contribution in [1.82, 2.24) is 4.90 Å². The standard InChI is InChI=1S/C12H21NO2/c1-4-13(5-2)11-6-8-12(9-7-11)15-10(3)14/h6,8,11-12H,4-5,7,9H2,1-3H3/t11-,12-/m1/s1. The van der Waals surface area contributed by atoms with Gasteiger partial charge in [0.05, 0.1) is 0 Å². The van der Waals surface area contributed by atoms with Crippen molar-refractivity contribution >= 4 is 5.97 Å². The van der Waals surface area contributed by atoms with E-state index in [0.717, 1.165) is 25.9 Å². The first kappa shape index (κ1) is 12.2. The second kappa shape index (κ2) is 5.91. The topological polar surface area (TPSA) is 29.5 Å². The third-order valence-corrected chi connectivity index (χ3v) is 2.89. The zero-order chi connectivity index (χ0) is 11.3. The molecule has 0 fully saturated rings. The molecule has 3 heteroatoms. The quantitative estimate of drug-likeness (QED) is 0.526. The minimum absolute atomic E-state index is 0.00527. The minimum atomic E-state index is -0.189. The number of likely N-dealkylation sites (N-methyl/N-ethyl adjacent to an activating group) is 1. The summed E-state index contributed by atoms with van der Waals surface area (Å²) in [6.45, 7) is 7.96. The van der Waals surface area contributed by atoms with Crippen LogP contribution in [-0.4, -0.2) is 36.1 Å². The Morgan fingerprint density at radius 3 is 2.40 bits per heavy atom. The lowest BCUT2D eigenvalue weighted by atomic mass is 9.99. The van der Waals surface area contributed by atoms with Gasteiger partial charge in [-0.1, -0.05) is 19.9 Å². The summed E-state index contributed by atoms with van der Waals surface area (Å²) in [4.78, 5) is 13.2. The third-order valence-electron chi connectivity index (χ3n) is 2.89. The first-order chi connectivity index (χ1) is 7.17. The molecule has 3 nitrogen and oxygen atoms in total. The second-order valence-corrected chi connectivity index (χ2v) is 3.90. The SMILES string of the molecule is CCN(CC)[C@@H]1C=C[C@@H](OC(C)=O)CC1. The molecule has 1 rings (SSSR count). The van der Waals surface area contributed by atoms with Crippen LogP contribution >= 0.6 is 0 Å². The number of hydrogen-bond acceptors (Lipinski definition) is 3. The van der Waals surface area contributed by atoms with Crippen LogP contribution in [0.1, 0.15) is 33.6 Å². The van der Waals surface area contributed by atoms with Gasteiger partial charge in [-0.2, -0.15) is 0 Å². The van der Waals surface area contributed by atoms with E-state index in [1.165, 1.54) is 6.92 Å². The summed E-state index contributed by atoms with van der Waals surface area (Å²) >= 11 is 0. The molecule has 0 saturated heterocycles. The van der Waals surface area contributed by atoms with E-state index in [4.69, 9.17) is 4.74 Å². The van der Waals surface area contributed by atoms with Gasteiger partial charge in [0.2, 0.25) is 0 Å². The summed E-state index contributed by atoms with van der Waals surface area (Å²) in [5, 5.41) is 0. The predicted molar refractivity (Wildman–Crippen MR) is 60.6 cm³/mol. The number of carbonyl (C=O) groups is 1. The zero-order valence-electron chi connectivity index (χ0n) is 9.90. The van der Waals surface area contributed by atoms with Gasteiger partial charge in [-0.05, 0) is 32.0 Å². The maximum Gasteiger partial charge on any atom is 0.303 e. The maximum absolute atomic E-state index is 10.8. The van der Waals surface area contributed by atoms with Crippen molar-refractivity contribution in [2.45, 2.75) is 45.8 Å². The molecule has 0 heterocycles. The highest BCUT2D eigenvalue weighted by Crippen LogP contribution is 2.18. The van der Waals surface area contributed by atoms with Gasteiger partial charge in [0.25, 0.3) is 0 Å². The van der Waals surface area contributed by atoms with Gasteiger partial charge in [0.15, 0.2) is 0 Å². The Morgan fingerprint density at radius 1 is 1.33 bits per heavy atom. The van der Waals surface area contributed by atoms with Crippen molar-refractivity contribution in [3.05, 3.63) is 12.2 Å². The van der Waals surface area contributed by atoms with Gasteiger partial charge in [-0.15, -0.1) is 0 Å². The summed E-state index contributed by atoms with van der Waals surface area (Å²) in [6.07, 6.45) is 6.21. The molecule has 15 heavy (non-hydrogen) atoms. The van der Waals surface area contributed by atoms with Crippen LogP contribution in [0, 0.1) is 0 Å². The molecule has 0 aliphatic heterocycles. The fourth-order valence-electron chi connectivity index (χ4n) is 2.09. The van der Waals surface area contributed by atoms with Crippen molar-refractivity contribution in [2.75, 3.05) is 13.1 Å². The highest BCUT2D eigenvalue weighted by Gasteiger charge is 2.20. The minimum Gasteiger partial charge on any atom is -0.458 e. The fraction of sp³-hybridized carbons (Fsp3) is 0.750. The molecule has 0 saturated carbocycles. The number of rotatable bonds is 4. The molecule has 0 amide bonds. The lowest BCUT2D eigenvalue weighted by Gasteiger charge is -2.31. The Bertz CT molecular complexity index is 234. The molecule has 86 valence electrons. The zero-order valence-corrected chi connectivity index (χ0v) is 9.90. The van der Waals surface area contributed by atoms with Gasteiger partial charge < -0.3 is 4.74 Å². The number of ether oxygens (including phenoxy) is 1. The van der Waals surface area contributed by atoms with Gasteiger partial charge in [-0.25, -0.2) is 0 Å². The molecule has 0 radical (unpaired) electrons. The predicted octanol–water partition coefficient (Wildman–Crippen LogP) is 1.98. The monoisotopic (exact) mass is 211 g/mol. The lowest BCUT2D eigenvalue weighted by molar-refractivity contribution is -0.144. The van der Waals surface area contributed by atoms with Gasteiger partial charge >= 0.3 is 5.97 Å². The van der Waals surface area contributed by atoms with Crippen molar-refractivity contribution in [3.63, 3.8) is 0 Å². The Hall–Kier alpha value is -0.830. The number of esters is 1. The molecule has 0 N–H and O–H groups in total. The van der Waals surface area contributed by atoms with Crippen LogP contribution in [0.4, 0.5) is 0 Å². The summed E-state index contributed by atoms with van der Waals surface area (Å²) in [6, 6.07) is 0.520. The summed E-state index contributed by atoms with van der Waals surface area (Å²) in [7, 11) is 0. The van der Waals surface area contributed by atoms with E-state index in [0.29, 0.717) is 6.04 Å². The highest BCUT2D eigenvalue weighted by atomic mass is 16.5. The molecule has 2 atom stereocenters. The fourth-order valence-corrected chi connectivity index (χ4v) is 2.09. The average molecular weight is 211 g/mol. The molecule has 1 aliphatic rings. The Labute approximate surface area is 92.1 Å². The number of nitrogens with zero attached hydrogens (tertiary/aromatic N) is 1. The Morgan fingerprint density at radius 2 is 2.00 bits per heavy atom. The van der Waals surface area contributed by atoms with Crippen LogP contribution in [0.5, 0.6) is 0 Å². The first-order valence-electron chi connectivity index (χ1n) is 5.77. The van der Waals surface area contributed by atoms with Crippen LogP contribution in [-0.2, 0) is 9.53 Å². The molecular weight excluding hydrogens is 190 g/mol. The van der Waals surface area contributed by atoms with E-state index in [2.05, 4.69) is 24.8 Å². The van der Waals surface area contributed by atoms with Crippen molar-refractivity contribution in [3.8, 4) is 0 Å². The largest absolute Gasteiger partial charge is 0.458 e. The van der Waals surface area contributed by atoms with E-state index in [1.807, 2.05) is 6.08 Å². The Balaban J connectivity index is 2.46. The smallest absolute Gasteiger partial charge is 0.303 e. The molecule has 1 aliphatic carbocycles. The molecule has 0 aromatic carbocycles. The van der Waals surface area contributed by atoms with E-state index in [9.17, 15) is 4.79 Å². The van der Waals surface area contributed by atoms with Crippen LogP contribution in [0.2, 0.25) is 0 Å². The Kier molecular flexibility index (Phi) is 4.82. The maximum atomic E-state index is 10.8. The second-order valence-electron chi connectivity index (χ2n) is 3.90. The van der Waals surface area contributed by atoms with Crippen LogP contribution < -0.4 is 0 Å². The third kappa shape index (κ3) is 3.67. The molecule has 0 spiro atoms. The van der Waals surface area contributed by atoms with Gasteiger partial charge in [0.1, 0.15) is 6.10 Å². The first-order valence-corrected chi connectivity index (χ1v) is 5.77. The van der Waals surface area contributed by atoms with Crippen molar-refractivity contribution in [1.29, 1.82) is 0 Å². The number of hydrogen-bond donors (Lipinski definition) is 0. The summed E-state index contributed by atoms with van der Waals surface area (Å²) < 4.78 is 5.14. The van der Waals surface area contributed by atoms with E-state index in [1.54, 1.807) is 0 Å². The normalized spacial score (nSPS) is 25.6. The van der Waals surface area contributed by atoms with E-state index in [-0.39, 0.29) is 12.1 Å². The van der Waals surface area contributed by atoms with E-state index < -0.39 is 0 Å². The van der Waals surface area contributed by atoms with Crippen LogP contribution in [0.3, 0.4) is 0 Å². The molecule has 0 unspecified atom stereocenters. The molecular formula is C12H21NO2. The molecule has 0 aromatic heterocycles. The summed E-state index contributed by atoms with van der Waals surface area (Å²) in [5.74, 6) is -0.189. The van der Waals surface area contributed by atoms with Crippen molar-refractivity contribution in [2.24, 2.45) is 0 Å². The van der Waals surface area contributed by atoms with Crippen LogP contribution in [0.25, 0.3) is 0 Å². The molecule has 0 aromatic rings. The summed E-state index contributed by atoms with van der Waals surface area (Å²) in [5.41, 5.74) is 0. The average Bonchev–Trinajstić information content (AvgIpc) is 2.21. The number of carbonyl (C=O) groups excluding carboxylic acids is 1. The lowest BCUT2D eigenvalue weighted by Crippen LogP contribution is -2.36. The van der Waals surface area contributed by atoms with Gasteiger partial charge in [0, 0.05) is 13.0 Å². The molecule has 0 bridgehead atoms. The van der Waals surface area contributed by atoms with E-state index >= 15 is 0 Å². The highest BCUT2D eigenvalue weighted by molar-refractivity contribution is 5.66. The van der Waals surface area contributed by atoms with Crippen molar-refractivity contribution < 1.29 is 9.53 Å². The van der Waals surface area contributed by atoms with Gasteiger partial charge in [-0.3, -0.25) is 9.69 Å². The van der Waals surface area contributed by atoms with Crippen LogP contribution in [0.15, 0.2) is 12.2 Å².